The Bertz CT molecular complexity index is 1040. The monoisotopic (exact) mass is 391 g/mol. The lowest BCUT2D eigenvalue weighted by molar-refractivity contribution is -0.119. The van der Waals surface area contributed by atoms with Crippen molar-refractivity contribution in [2.75, 3.05) is 23.7 Å². The average molecular weight is 392 g/mol. The van der Waals surface area contributed by atoms with E-state index in [9.17, 15) is 4.79 Å². The largest absolute Gasteiger partial charge is 0.378 e. The first-order chi connectivity index (χ1) is 13.9. The molecule has 0 saturated carbocycles. The molecule has 0 spiro atoms. The van der Waals surface area contributed by atoms with E-state index in [2.05, 4.69) is 59.3 Å². The SMILES string of the molecule is Cc1cccc(C)c1CNc1cc(NC(=O)[C@@H]2CCNC2)cn2c(C)c(C)nc12. The normalized spacial score (nSPS) is 16.3. The summed E-state index contributed by atoms with van der Waals surface area (Å²) in [5.74, 6) is 0.104. The van der Waals surface area contributed by atoms with E-state index in [0.29, 0.717) is 6.54 Å². The quantitative estimate of drug-likeness (QED) is 0.620. The third kappa shape index (κ3) is 3.85. The molecular weight excluding hydrogens is 362 g/mol. The molecule has 0 bridgehead atoms. The molecule has 3 N–H and O–H groups in total. The molecule has 1 atom stereocenters. The maximum Gasteiger partial charge on any atom is 0.228 e. The van der Waals surface area contributed by atoms with Gasteiger partial charge in [-0.15, -0.1) is 0 Å². The molecule has 1 amide bonds. The number of pyridine rings is 1. The number of nitrogens with one attached hydrogen (secondary N) is 3. The molecule has 1 saturated heterocycles. The standard InChI is InChI=1S/C23H29N5O/c1-14-6-5-7-15(2)20(14)12-25-21-10-19(27-23(29)18-8-9-24-11-18)13-28-17(4)16(3)26-22(21)28/h5-7,10,13,18,24-25H,8-9,11-12H2,1-4H3,(H,27,29)/t18-/m1/s1. The van der Waals surface area contributed by atoms with Gasteiger partial charge >= 0.3 is 0 Å². The lowest BCUT2D eigenvalue weighted by Gasteiger charge is -2.15. The van der Waals surface area contributed by atoms with E-state index < -0.39 is 0 Å². The van der Waals surface area contributed by atoms with Crippen LogP contribution in [0.15, 0.2) is 30.5 Å². The van der Waals surface area contributed by atoms with Crippen molar-refractivity contribution in [1.29, 1.82) is 0 Å². The summed E-state index contributed by atoms with van der Waals surface area (Å²) in [4.78, 5) is 17.4. The smallest absolute Gasteiger partial charge is 0.228 e. The minimum absolute atomic E-state index is 0.0299. The summed E-state index contributed by atoms with van der Waals surface area (Å²) in [6.45, 7) is 10.7. The van der Waals surface area contributed by atoms with Gasteiger partial charge in [-0.1, -0.05) is 18.2 Å². The third-order valence-corrected chi connectivity index (χ3v) is 5.99. The lowest BCUT2D eigenvalue weighted by Crippen LogP contribution is -2.24. The molecule has 4 rings (SSSR count). The number of benzene rings is 1. The number of imidazole rings is 1. The second-order valence-corrected chi connectivity index (χ2v) is 8.02. The third-order valence-electron chi connectivity index (χ3n) is 5.99. The highest BCUT2D eigenvalue weighted by atomic mass is 16.1. The molecule has 152 valence electrons. The molecule has 1 aliphatic rings. The number of amides is 1. The number of carbonyl (C=O) groups is 1. The van der Waals surface area contributed by atoms with E-state index in [0.717, 1.165) is 47.9 Å². The molecule has 0 unspecified atom stereocenters. The number of aryl methyl sites for hydroxylation is 4. The van der Waals surface area contributed by atoms with Crippen LogP contribution in [0.4, 0.5) is 11.4 Å². The van der Waals surface area contributed by atoms with E-state index >= 15 is 0 Å². The molecule has 1 aliphatic heterocycles. The molecule has 0 radical (unpaired) electrons. The minimum Gasteiger partial charge on any atom is -0.378 e. The van der Waals surface area contributed by atoms with E-state index in [4.69, 9.17) is 4.98 Å². The van der Waals surface area contributed by atoms with Crippen molar-refractivity contribution in [2.24, 2.45) is 5.92 Å². The van der Waals surface area contributed by atoms with Gasteiger partial charge in [-0.25, -0.2) is 4.98 Å². The van der Waals surface area contributed by atoms with Crippen LogP contribution in [0.2, 0.25) is 0 Å². The molecule has 29 heavy (non-hydrogen) atoms. The van der Waals surface area contributed by atoms with E-state index in [-0.39, 0.29) is 11.8 Å². The van der Waals surface area contributed by atoms with E-state index in [1.165, 1.54) is 16.7 Å². The van der Waals surface area contributed by atoms with Crippen molar-refractivity contribution >= 4 is 22.9 Å². The van der Waals surface area contributed by atoms with Gasteiger partial charge in [0, 0.05) is 25.0 Å². The highest BCUT2D eigenvalue weighted by Gasteiger charge is 2.23. The number of carbonyl (C=O) groups excluding carboxylic acids is 1. The first kappa shape index (κ1) is 19.5. The zero-order valence-corrected chi connectivity index (χ0v) is 17.6. The van der Waals surface area contributed by atoms with Gasteiger partial charge in [0.15, 0.2) is 5.65 Å². The Morgan fingerprint density at radius 1 is 1.24 bits per heavy atom. The van der Waals surface area contributed by atoms with Crippen molar-refractivity contribution < 1.29 is 4.79 Å². The van der Waals surface area contributed by atoms with Gasteiger partial charge < -0.3 is 20.4 Å². The number of anilines is 2. The van der Waals surface area contributed by atoms with Crippen LogP contribution >= 0.6 is 0 Å². The second-order valence-electron chi connectivity index (χ2n) is 8.02. The second kappa shape index (κ2) is 7.87. The van der Waals surface area contributed by atoms with Gasteiger partial charge in [0.25, 0.3) is 0 Å². The molecular formula is C23H29N5O. The molecule has 3 heterocycles. The Labute approximate surface area is 171 Å². The number of fused-ring (bicyclic) bond motifs is 1. The summed E-state index contributed by atoms with van der Waals surface area (Å²) in [5, 5.41) is 9.92. The van der Waals surface area contributed by atoms with Crippen molar-refractivity contribution in [3.63, 3.8) is 0 Å². The van der Waals surface area contributed by atoms with Crippen LogP contribution < -0.4 is 16.0 Å². The van der Waals surface area contributed by atoms with Crippen LogP contribution in [-0.2, 0) is 11.3 Å². The highest BCUT2D eigenvalue weighted by Crippen LogP contribution is 2.26. The van der Waals surface area contributed by atoms with Crippen LogP contribution in [-0.4, -0.2) is 28.4 Å². The molecule has 1 aromatic carbocycles. The van der Waals surface area contributed by atoms with E-state index in [1.807, 2.05) is 19.2 Å². The van der Waals surface area contributed by atoms with Crippen LogP contribution in [0.5, 0.6) is 0 Å². The highest BCUT2D eigenvalue weighted by molar-refractivity contribution is 5.94. The molecule has 3 aromatic rings. The first-order valence-electron chi connectivity index (χ1n) is 10.2. The van der Waals surface area contributed by atoms with Gasteiger partial charge in [0.2, 0.25) is 5.91 Å². The zero-order chi connectivity index (χ0) is 20.5. The van der Waals surface area contributed by atoms with Gasteiger partial charge in [-0.3, -0.25) is 4.79 Å². The Hall–Kier alpha value is -2.86. The van der Waals surface area contributed by atoms with Gasteiger partial charge in [0.05, 0.1) is 23.0 Å². The van der Waals surface area contributed by atoms with Crippen LogP contribution in [0.25, 0.3) is 5.65 Å². The summed E-state index contributed by atoms with van der Waals surface area (Å²) in [7, 11) is 0. The lowest BCUT2D eigenvalue weighted by atomic mass is 10.0. The molecule has 6 heteroatoms. The summed E-state index contributed by atoms with van der Waals surface area (Å²) in [6, 6.07) is 8.35. The molecule has 2 aromatic heterocycles. The predicted octanol–water partition coefficient (Wildman–Crippen LogP) is 3.73. The Morgan fingerprint density at radius 2 is 2.00 bits per heavy atom. The number of aromatic nitrogens is 2. The topological polar surface area (TPSA) is 70.5 Å². The number of nitrogens with zero attached hydrogens (tertiary/aromatic N) is 2. The van der Waals surface area contributed by atoms with Gasteiger partial charge in [0.1, 0.15) is 0 Å². The summed E-state index contributed by atoms with van der Waals surface area (Å²) in [6.07, 6.45) is 2.85. The molecule has 0 aliphatic carbocycles. The zero-order valence-electron chi connectivity index (χ0n) is 17.6. The maximum atomic E-state index is 12.6. The van der Waals surface area contributed by atoms with Crippen molar-refractivity contribution in [3.8, 4) is 0 Å². The minimum atomic E-state index is 0.0299. The summed E-state index contributed by atoms with van der Waals surface area (Å²) in [5.41, 5.74) is 8.48. The average Bonchev–Trinajstić information content (AvgIpc) is 3.31. The van der Waals surface area contributed by atoms with Crippen LogP contribution in [0.1, 0.15) is 34.5 Å². The summed E-state index contributed by atoms with van der Waals surface area (Å²) >= 11 is 0. The Kier molecular flexibility index (Phi) is 5.28. The van der Waals surface area contributed by atoms with Crippen LogP contribution in [0.3, 0.4) is 0 Å². The fourth-order valence-corrected chi connectivity index (χ4v) is 4.00. The summed E-state index contributed by atoms with van der Waals surface area (Å²) < 4.78 is 2.06. The number of hydrogen-bond donors (Lipinski definition) is 3. The predicted molar refractivity (Wildman–Crippen MR) is 118 cm³/mol. The molecule has 6 nitrogen and oxygen atoms in total. The maximum absolute atomic E-state index is 12.6. The van der Waals surface area contributed by atoms with Gasteiger partial charge in [-0.05, 0) is 63.4 Å². The van der Waals surface area contributed by atoms with Crippen LogP contribution in [0, 0.1) is 33.6 Å². The molecule has 1 fully saturated rings. The van der Waals surface area contributed by atoms with E-state index in [1.54, 1.807) is 0 Å². The van der Waals surface area contributed by atoms with Crippen molar-refractivity contribution in [1.82, 2.24) is 14.7 Å². The van der Waals surface area contributed by atoms with Crippen molar-refractivity contribution in [3.05, 3.63) is 58.5 Å². The Morgan fingerprint density at radius 3 is 2.69 bits per heavy atom. The fourth-order valence-electron chi connectivity index (χ4n) is 4.00. The number of hydrogen-bond acceptors (Lipinski definition) is 4. The van der Waals surface area contributed by atoms with Gasteiger partial charge in [-0.2, -0.15) is 0 Å². The van der Waals surface area contributed by atoms with Crippen molar-refractivity contribution in [2.45, 2.75) is 40.7 Å². The number of rotatable bonds is 5. The fraction of sp³-hybridized carbons (Fsp3) is 0.391. The first-order valence-corrected chi connectivity index (χ1v) is 10.2. The Balaban J connectivity index is 1.66.